The average Bonchev–Trinajstić information content (AvgIpc) is 3.45. The number of carboxylic acid groups (broad SMARTS) is 1. The highest BCUT2D eigenvalue weighted by Gasteiger charge is 2.44. The Hall–Kier alpha value is -4.47. The molecule has 212 valence electrons. The molecule has 1 amide bonds. The maximum atomic E-state index is 12.7. The highest BCUT2D eigenvalue weighted by molar-refractivity contribution is 5.92. The number of aromatic nitrogens is 1. The number of benzene rings is 3. The minimum atomic E-state index is -0.915. The number of amides is 1. The number of nitrogens with one attached hydrogen (secondary N) is 1. The second-order valence-corrected chi connectivity index (χ2v) is 10.9. The molecule has 0 spiro atoms. The van der Waals surface area contributed by atoms with Crippen LogP contribution < -0.4 is 10.1 Å². The monoisotopic (exact) mass is 554 g/mol. The molecule has 1 saturated carbocycles. The van der Waals surface area contributed by atoms with Gasteiger partial charge in [-0.2, -0.15) is 0 Å². The second-order valence-electron chi connectivity index (χ2n) is 10.9. The first-order chi connectivity index (χ1) is 19.8. The Kier molecular flexibility index (Phi) is 8.47. The quantitative estimate of drug-likeness (QED) is 0.219. The van der Waals surface area contributed by atoms with Gasteiger partial charge in [-0.3, -0.25) is 9.69 Å². The Labute approximate surface area is 239 Å². The lowest BCUT2D eigenvalue weighted by molar-refractivity contribution is -0.117. The summed E-state index contributed by atoms with van der Waals surface area (Å²) in [4.78, 5) is 32.3. The number of rotatable bonds is 13. The largest absolute Gasteiger partial charge is 0.478 e. The van der Waals surface area contributed by atoms with Crippen LogP contribution in [0.1, 0.15) is 28.8 Å². The van der Waals surface area contributed by atoms with Gasteiger partial charge < -0.3 is 24.5 Å². The predicted octanol–water partition coefficient (Wildman–Crippen LogP) is 5.61. The van der Waals surface area contributed by atoms with Gasteiger partial charge in [0.05, 0.1) is 18.3 Å². The van der Waals surface area contributed by atoms with Crippen molar-refractivity contribution >= 4 is 17.6 Å². The number of hydrogen-bond donors (Lipinski definition) is 2. The molecule has 1 heterocycles. The van der Waals surface area contributed by atoms with Gasteiger partial charge in [0.2, 0.25) is 11.8 Å². The van der Waals surface area contributed by atoms with Crippen LogP contribution in [0.5, 0.6) is 11.5 Å². The Morgan fingerprint density at radius 3 is 2.15 bits per heavy atom. The fourth-order valence-corrected chi connectivity index (χ4v) is 5.08. The second kappa shape index (κ2) is 12.4. The van der Waals surface area contributed by atoms with Crippen molar-refractivity contribution in [3.05, 3.63) is 96.4 Å². The molecule has 1 aromatic heterocycles. The summed E-state index contributed by atoms with van der Waals surface area (Å²) in [5.41, 5.74) is 3.14. The third-order valence-corrected chi connectivity index (χ3v) is 7.14. The standard InChI is InChI=1S/C32H34N4O5/c1-35(19-23-3-5-25(6-4-23)31(38)39)21-32(15-16-32)22-36(2)20-29(37)34-26-9-13-28(14-10-26)41-27-11-7-24(8-12-27)30-33-17-18-40-30/h3-14,17-18H,15-16,19-22H2,1-2H3,(H,34,37)(H,38,39). The lowest BCUT2D eigenvalue weighted by Crippen LogP contribution is -2.38. The zero-order chi connectivity index (χ0) is 28.8. The summed E-state index contributed by atoms with van der Waals surface area (Å²) in [5, 5.41) is 12.1. The first kappa shape index (κ1) is 28.1. The molecule has 3 aromatic carbocycles. The normalized spacial score (nSPS) is 13.8. The van der Waals surface area contributed by atoms with Gasteiger partial charge in [0.15, 0.2) is 0 Å². The van der Waals surface area contributed by atoms with E-state index in [1.54, 1.807) is 18.3 Å². The first-order valence-corrected chi connectivity index (χ1v) is 13.5. The van der Waals surface area contributed by atoms with Crippen molar-refractivity contribution < 1.29 is 23.8 Å². The zero-order valence-corrected chi connectivity index (χ0v) is 23.2. The Bertz CT molecular complexity index is 1450. The number of carbonyl (C=O) groups excluding carboxylic acids is 1. The Morgan fingerprint density at radius 1 is 0.927 bits per heavy atom. The van der Waals surface area contributed by atoms with Crippen molar-refractivity contribution in [1.82, 2.24) is 14.8 Å². The number of hydrogen-bond acceptors (Lipinski definition) is 7. The van der Waals surface area contributed by atoms with E-state index in [0.717, 1.165) is 43.6 Å². The van der Waals surface area contributed by atoms with E-state index in [2.05, 4.69) is 27.1 Å². The molecule has 2 N–H and O–H groups in total. The summed E-state index contributed by atoms with van der Waals surface area (Å²) in [6, 6.07) is 21.8. The third kappa shape index (κ3) is 7.81. The lowest BCUT2D eigenvalue weighted by atomic mass is 10.1. The highest BCUT2D eigenvalue weighted by Crippen LogP contribution is 2.46. The van der Waals surface area contributed by atoms with E-state index in [1.165, 1.54) is 6.26 Å². The van der Waals surface area contributed by atoms with E-state index < -0.39 is 5.97 Å². The summed E-state index contributed by atoms with van der Waals surface area (Å²) < 4.78 is 11.2. The van der Waals surface area contributed by atoms with Gasteiger partial charge in [-0.15, -0.1) is 0 Å². The van der Waals surface area contributed by atoms with E-state index >= 15 is 0 Å². The van der Waals surface area contributed by atoms with Crippen LogP contribution in [-0.2, 0) is 11.3 Å². The minimum Gasteiger partial charge on any atom is -0.478 e. The number of aromatic carboxylic acids is 1. The van der Waals surface area contributed by atoms with Gasteiger partial charge in [-0.05, 0) is 98.6 Å². The zero-order valence-electron chi connectivity index (χ0n) is 23.2. The van der Waals surface area contributed by atoms with Crippen LogP contribution >= 0.6 is 0 Å². The number of likely N-dealkylation sites (N-methyl/N-ethyl adjacent to an activating group) is 1. The van der Waals surface area contributed by atoms with Crippen molar-refractivity contribution in [2.24, 2.45) is 5.41 Å². The number of carbonyl (C=O) groups is 2. The summed E-state index contributed by atoms with van der Waals surface area (Å²) in [6.45, 7) is 2.81. The van der Waals surface area contributed by atoms with Crippen molar-refractivity contribution in [1.29, 1.82) is 0 Å². The molecule has 1 fully saturated rings. The van der Waals surface area contributed by atoms with Crippen molar-refractivity contribution in [3.63, 3.8) is 0 Å². The van der Waals surface area contributed by atoms with Gasteiger partial charge >= 0.3 is 5.97 Å². The first-order valence-electron chi connectivity index (χ1n) is 13.5. The molecular weight excluding hydrogens is 520 g/mol. The molecule has 0 aliphatic heterocycles. The molecule has 4 aromatic rings. The highest BCUT2D eigenvalue weighted by atomic mass is 16.5. The molecule has 9 heteroatoms. The summed E-state index contributed by atoms with van der Waals surface area (Å²) in [7, 11) is 4.06. The van der Waals surface area contributed by atoms with Crippen molar-refractivity contribution in [3.8, 4) is 23.0 Å². The molecule has 1 aliphatic rings. The van der Waals surface area contributed by atoms with E-state index in [4.69, 9.17) is 14.3 Å². The number of oxazole rings is 1. The Balaban J connectivity index is 1.05. The molecule has 0 radical (unpaired) electrons. The van der Waals surface area contributed by atoms with Crippen LogP contribution in [0, 0.1) is 5.41 Å². The summed E-state index contributed by atoms with van der Waals surface area (Å²) in [5.74, 6) is 0.938. The number of anilines is 1. The topological polar surface area (TPSA) is 108 Å². The molecule has 41 heavy (non-hydrogen) atoms. The van der Waals surface area contributed by atoms with E-state index in [1.807, 2.05) is 67.7 Å². The maximum Gasteiger partial charge on any atom is 0.335 e. The number of nitrogens with zero attached hydrogens (tertiary/aromatic N) is 3. The Morgan fingerprint density at radius 2 is 1.56 bits per heavy atom. The van der Waals surface area contributed by atoms with Crippen LogP contribution in [0.2, 0.25) is 0 Å². The SMILES string of the molecule is CN(CC(=O)Nc1ccc(Oc2ccc(-c3ncco3)cc2)cc1)CC1(CN(C)Cc2ccc(C(=O)O)cc2)CC1. The average molecular weight is 555 g/mol. The maximum absolute atomic E-state index is 12.7. The lowest BCUT2D eigenvalue weighted by Gasteiger charge is -2.28. The van der Waals surface area contributed by atoms with E-state index in [-0.39, 0.29) is 11.3 Å². The molecule has 9 nitrogen and oxygen atoms in total. The van der Waals surface area contributed by atoms with Gasteiger partial charge in [-0.25, -0.2) is 9.78 Å². The van der Waals surface area contributed by atoms with E-state index in [0.29, 0.717) is 35.2 Å². The molecule has 5 rings (SSSR count). The van der Waals surface area contributed by atoms with Crippen molar-refractivity contribution in [2.45, 2.75) is 19.4 Å². The summed E-state index contributed by atoms with van der Waals surface area (Å²) in [6.07, 6.45) is 5.41. The fraction of sp³-hybridized carbons (Fsp3) is 0.281. The van der Waals surface area contributed by atoms with Crippen LogP contribution in [0.4, 0.5) is 5.69 Å². The molecular formula is C32H34N4O5. The van der Waals surface area contributed by atoms with E-state index in [9.17, 15) is 9.59 Å². The van der Waals surface area contributed by atoms with Crippen LogP contribution in [-0.4, -0.2) is 65.5 Å². The van der Waals surface area contributed by atoms with Crippen molar-refractivity contribution in [2.75, 3.05) is 39.0 Å². The third-order valence-electron chi connectivity index (χ3n) is 7.14. The number of carboxylic acids is 1. The van der Waals surface area contributed by atoms with Gasteiger partial charge in [0, 0.05) is 30.9 Å². The molecule has 0 atom stereocenters. The molecule has 0 bridgehead atoms. The number of ether oxygens (including phenoxy) is 1. The van der Waals surface area contributed by atoms with Crippen LogP contribution in [0.25, 0.3) is 11.5 Å². The fourth-order valence-electron chi connectivity index (χ4n) is 5.08. The van der Waals surface area contributed by atoms with Gasteiger partial charge in [0.25, 0.3) is 0 Å². The van der Waals surface area contributed by atoms with Crippen LogP contribution in [0.15, 0.2) is 89.7 Å². The summed E-state index contributed by atoms with van der Waals surface area (Å²) >= 11 is 0. The minimum absolute atomic E-state index is 0.0639. The predicted molar refractivity (Wildman–Crippen MR) is 156 cm³/mol. The molecule has 0 saturated heterocycles. The van der Waals surface area contributed by atoms with Crippen LogP contribution in [0.3, 0.4) is 0 Å². The molecule has 0 unspecified atom stereocenters. The van der Waals surface area contributed by atoms with Gasteiger partial charge in [-0.1, -0.05) is 12.1 Å². The molecule has 1 aliphatic carbocycles. The smallest absolute Gasteiger partial charge is 0.335 e. The van der Waals surface area contributed by atoms with Gasteiger partial charge in [0.1, 0.15) is 17.8 Å².